The maximum absolute atomic E-state index is 14.3. The maximum atomic E-state index is 14.3. The molecule has 0 aromatic heterocycles. The van der Waals surface area contributed by atoms with Crippen molar-refractivity contribution in [2.45, 2.75) is 116 Å². The third-order valence-electron chi connectivity index (χ3n) is 10.5. The molecule has 290 valence electrons. The first-order valence-electron chi connectivity index (χ1n) is 18.8. The van der Waals surface area contributed by atoms with Crippen molar-refractivity contribution < 1.29 is 28.3 Å². The Hall–Kier alpha value is -4.22. The molecule has 0 saturated carbocycles. The summed E-state index contributed by atoms with van der Waals surface area (Å²) in [6.07, 6.45) is 5.23. The number of hydrogen-bond acceptors (Lipinski definition) is 7. The van der Waals surface area contributed by atoms with Gasteiger partial charge in [0.15, 0.2) is 0 Å². The van der Waals surface area contributed by atoms with Crippen LogP contribution in [0.3, 0.4) is 0 Å². The Morgan fingerprint density at radius 1 is 1.00 bits per heavy atom. The molecule has 1 aliphatic heterocycles. The summed E-state index contributed by atoms with van der Waals surface area (Å²) < 4.78 is 11.9. The van der Waals surface area contributed by atoms with E-state index in [1.165, 1.54) is 5.01 Å². The van der Waals surface area contributed by atoms with Crippen molar-refractivity contribution in [3.63, 3.8) is 0 Å². The molecule has 5 atom stereocenters. The van der Waals surface area contributed by atoms with E-state index in [1.807, 2.05) is 76.2 Å². The number of carbonyl (C=O) groups excluding carboxylic acids is 4. The molecule has 0 bridgehead atoms. The molecular formula is C42H62N4O6Si. The normalized spacial score (nSPS) is 17.2. The van der Waals surface area contributed by atoms with Gasteiger partial charge in [-0.15, -0.1) is 6.58 Å². The maximum Gasteiger partial charge on any atom is 0.324 e. The lowest BCUT2D eigenvalue weighted by atomic mass is 9.87. The highest BCUT2D eigenvalue weighted by Crippen LogP contribution is 2.37. The second-order valence-corrected chi connectivity index (χ2v) is 20.7. The van der Waals surface area contributed by atoms with Crippen molar-refractivity contribution >= 4 is 38.1 Å². The Morgan fingerprint density at radius 2 is 1.68 bits per heavy atom. The average Bonchev–Trinajstić information content (AvgIpc) is 3.12. The van der Waals surface area contributed by atoms with Crippen LogP contribution in [0.2, 0.25) is 18.1 Å². The van der Waals surface area contributed by atoms with Gasteiger partial charge in [0.1, 0.15) is 23.9 Å². The fourth-order valence-corrected chi connectivity index (χ4v) is 6.82. The first-order chi connectivity index (χ1) is 24.9. The number of nitrogens with zero attached hydrogens (tertiary/aromatic N) is 1. The highest BCUT2D eigenvalue weighted by Gasteiger charge is 2.39. The van der Waals surface area contributed by atoms with Gasteiger partial charge >= 0.3 is 5.97 Å². The van der Waals surface area contributed by atoms with Crippen molar-refractivity contribution in [2.75, 3.05) is 13.2 Å². The van der Waals surface area contributed by atoms with Crippen LogP contribution in [0.25, 0.3) is 6.08 Å². The van der Waals surface area contributed by atoms with Crippen LogP contribution in [0, 0.1) is 11.8 Å². The molecule has 0 unspecified atom stereocenters. The van der Waals surface area contributed by atoms with Crippen molar-refractivity contribution in [1.82, 2.24) is 21.1 Å². The Morgan fingerprint density at radius 3 is 2.28 bits per heavy atom. The predicted octanol–water partition coefficient (Wildman–Crippen LogP) is 6.94. The first kappa shape index (κ1) is 43.2. The van der Waals surface area contributed by atoms with Gasteiger partial charge in [-0.3, -0.25) is 24.2 Å². The fraction of sp³-hybridized carbons (Fsp3) is 0.524. The molecule has 11 heteroatoms. The van der Waals surface area contributed by atoms with Gasteiger partial charge in [0.05, 0.1) is 6.61 Å². The Labute approximate surface area is 318 Å². The summed E-state index contributed by atoms with van der Waals surface area (Å²) in [6.45, 7) is 26.5. The summed E-state index contributed by atoms with van der Waals surface area (Å²) >= 11 is 0. The second-order valence-electron chi connectivity index (χ2n) is 16.0. The van der Waals surface area contributed by atoms with Gasteiger partial charge < -0.3 is 19.8 Å². The molecule has 3 N–H and O–H groups in total. The zero-order valence-corrected chi connectivity index (χ0v) is 34.3. The molecule has 0 spiro atoms. The summed E-state index contributed by atoms with van der Waals surface area (Å²) in [5.74, 6) is -1.66. The Kier molecular flexibility index (Phi) is 15.6. The van der Waals surface area contributed by atoms with Crippen molar-refractivity contribution in [1.29, 1.82) is 0 Å². The number of hydrogen-bond donors (Lipinski definition) is 3. The molecular weight excluding hydrogens is 685 g/mol. The number of amides is 3. The molecule has 10 nitrogen and oxygen atoms in total. The van der Waals surface area contributed by atoms with E-state index >= 15 is 0 Å². The number of carbonyl (C=O) groups is 4. The fourth-order valence-electron chi connectivity index (χ4n) is 5.80. The van der Waals surface area contributed by atoms with Crippen molar-refractivity contribution in [2.24, 2.45) is 11.8 Å². The number of benzene rings is 2. The molecule has 2 aromatic rings. The van der Waals surface area contributed by atoms with Crippen molar-refractivity contribution in [3.05, 3.63) is 84.5 Å². The number of ether oxygens (including phenoxy) is 1. The third kappa shape index (κ3) is 12.1. The average molecular weight is 747 g/mol. The van der Waals surface area contributed by atoms with E-state index in [1.54, 1.807) is 12.2 Å². The second kappa shape index (κ2) is 19.2. The molecule has 1 heterocycles. The summed E-state index contributed by atoms with van der Waals surface area (Å²) in [5.41, 5.74) is 5.85. The topological polar surface area (TPSA) is 126 Å². The lowest BCUT2D eigenvalue weighted by molar-refractivity contribution is -0.153. The lowest BCUT2D eigenvalue weighted by Crippen LogP contribution is -2.62. The molecule has 3 rings (SSSR count). The number of nitrogens with one attached hydrogen (secondary N) is 3. The van der Waals surface area contributed by atoms with E-state index in [2.05, 4.69) is 63.1 Å². The Balaban J connectivity index is 1.86. The summed E-state index contributed by atoms with van der Waals surface area (Å²) in [7, 11) is -2.15. The molecule has 1 saturated heterocycles. The molecule has 0 aliphatic carbocycles. The molecule has 3 amide bonds. The SMILES string of the molecule is C=CCCOC(=O)[C@@H]1CCCN(C(=O)[C@H](Cc2cccc(O[Si](C)(C)C(C)(C)C)c2)NC(=O)[C@@H](NC(=O)[C@H](C)[C@H](C)c2ccc(C=C)cc2)C(C)C)N1. The van der Waals surface area contributed by atoms with Crippen LogP contribution in [0.15, 0.2) is 67.8 Å². The van der Waals surface area contributed by atoms with Gasteiger partial charge in [0.2, 0.25) is 20.1 Å². The smallest absolute Gasteiger partial charge is 0.324 e. The quantitative estimate of drug-likeness (QED) is 0.0694. The van der Waals surface area contributed by atoms with Gasteiger partial charge in [-0.25, -0.2) is 5.43 Å². The summed E-state index contributed by atoms with van der Waals surface area (Å²) in [4.78, 5) is 54.8. The molecule has 1 fully saturated rings. The van der Waals surface area contributed by atoms with Crippen LogP contribution in [0.5, 0.6) is 5.75 Å². The van der Waals surface area contributed by atoms with Crippen LogP contribution in [-0.2, 0) is 30.3 Å². The van der Waals surface area contributed by atoms with Crippen molar-refractivity contribution in [3.8, 4) is 5.75 Å². The zero-order valence-electron chi connectivity index (χ0n) is 33.3. The van der Waals surface area contributed by atoms with Crippen LogP contribution < -0.4 is 20.5 Å². The van der Waals surface area contributed by atoms with Gasteiger partial charge in [0.25, 0.3) is 5.91 Å². The molecule has 1 aliphatic rings. The van der Waals surface area contributed by atoms with E-state index in [4.69, 9.17) is 9.16 Å². The van der Waals surface area contributed by atoms with Gasteiger partial charge in [-0.05, 0) is 78.1 Å². The minimum atomic E-state index is -2.15. The standard InChI is InChI=1S/C42H62N4O6Si/c1-12-14-25-51-41(50)35-19-16-24-46(45-35)40(49)36(27-32-17-15-18-34(26-32)52-53(10,11)42(7,8)9)43-39(48)37(28(3)4)44-38(47)30(6)29(5)33-22-20-31(13-2)21-23-33/h12-13,15,17-18,20-23,26,28-30,35-37,45H,1-2,14,16,19,24-25,27H2,3-11H3,(H,43,48)(H,44,47)/t29-,30+,35-,36-,37-/m0/s1. The van der Waals surface area contributed by atoms with E-state index in [9.17, 15) is 19.2 Å². The highest BCUT2D eigenvalue weighted by atomic mass is 28.4. The van der Waals surface area contributed by atoms with Gasteiger partial charge in [-0.1, -0.05) is 104 Å². The van der Waals surface area contributed by atoms with E-state index in [0.29, 0.717) is 31.6 Å². The van der Waals surface area contributed by atoms with E-state index in [0.717, 1.165) is 16.7 Å². The summed E-state index contributed by atoms with van der Waals surface area (Å²) in [5, 5.41) is 7.36. The van der Waals surface area contributed by atoms with Crippen LogP contribution >= 0.6 is 0 Å². The third-order valence-corrected chi connectivity index (χ3v) is 14.9. The lowest BCUT2D eigenvalue weighted by Gasteiger charge is -2.36. The summed E-state index contributed by atoms with van der Waals surface area (Å²) in [6, 6.07) is 12.9. The minimum Gasteiger partial charge on any atom is -0.543 e. The Bertz CT molecular complexity index is 1580. The number of hydrazine groups is 1. The van der Waals surface area contributed by atoms with Gasteiger partial charge in [0, 0.05) is 18.9 Å². The van der Waals surface area contributed by atoms with Crippen LogP contribution in [0.4, 0.5) is 0 Å². The van der Waals surface area contributed by atoms with Gasteiger partial charge in [-0.2, -0.15) is 0 Å². The van der Waals surface area contributed by atoms with E-state index in [-0.39, 0.29) is 35.8 Å². The monoisotopic (exact) mass is 746 g/mol. The first-order valence-corrected chi connectivity index (χ1v) is 21.8. The zero-order chi connectivity index (χ0) is 39.5. The highest BCUT2D eigenvalue weighted by molar-refractivity contribution is 6.74. The molecule has 53 heavy (non-hydrogen) atoms. The minimum absolute atomic E-state index is 0.0134. The molecule has 2 aromatic carbocycles. The largest absolute Gasteiger partial charge is 0.543 e. The van der Waals surface area contributed by atoms with Crippen LogP contribution in [-0.4, -0.2) is 68.3 Å². The number of rotatable bonds is 17. The molecule has 0 radical (unpaired) electrons. The predicted molar refractivity (Wildman–Crippen MR) is 214 cm³/mol. The van der Waals surface area contributed by atoms with Crippen LogP contribution in [0.1, 0.15) is 90.3 Å². The number of esters is 1. The van der Waals surface area contributed by atoms with E-state index < -0.39 is 50.1 Å².